The van der Waals surface area contributed by atoms with Gasteiger partial charge >= 0.3 is 5.97 Å². The smallest absolute Gasteiger partial charge is 0.323 e. The van der Waals surface area contributed by atoms with Gasteiger partial charge in [0.1, 0.15) is 11.6 Å². The first-order valence-corrected chi connectivity index (χ1v) is 7.93. The van der Waals surface area contributed by atoms with E-state index in [2.05, 4.69) is 4.90 Å². The molecule has 0 radical (unpaired) electrons. The van der Waals surface area contributed by atoms with Crippen LogP contribution in [0.3, 0.4) is 0 Å². The zero-order valence-electron chi connectivity index (χ0n) is 12.7. The van der Waals surface area contributed by atoms with Crippen LogP contribution in [0.4, 0.5) is 0 Å². The van der Waals surface area contributed by atoms with Crippen molar-refractivity contribution in [1.82, 2.24) is 4.90 Å². The molecule has 116 valence electrons. The summed E-state index contributed by atoms with van der Waals surface area (Å²) in [5, 5.41) is 1.27. The van der Waals surface area contributed by atoms with Gasteiger partial charge < -0.3 is 4.74 Å². The fourth-order valence-electron chi connectivity index (χ4n) is 2.54. The van der Waals surface area contributed by atoms with E-state index < -0.39 is 5.60 Å². The molecule has 5 heteroatoms. The maximum Gasteiger partial charge on any atom is 0.323 e. The number of hydrogen-bond acceptors (Lipinski definition) is 3. The Labute approximate surface area is 136 Å². The van der Waals surface area contributed by atoms with E-state index in [1.165, 1.54) is 0 Å². The van der Waals surface area contributed by atoms with E-state index in [4.69, 9.17) is 27.9 Å². The Kier molecular flexibility index (Phi) is 5.18. The van der Waals surface area contributed by atoms with E-state index in [-0.39, 0.29) is 12.0 Å². The van der Waals surface area contributed by atoms with Crippen molar-refractivity contribution < 1.29 is 9.53 Å². The summed E-state index contributed by atoms with van der Waals surface area (Å²) in [4.78, 5) is 14.4. The number of halogens is 2. The number of esters is 1. The van der Waals surface area contributed by atoms with Crippen molar-refractivity contribution in [1.29, 1.82) is 0 Å². The third-order valence-electron chi connectivity index (χ3n) is 3.47. The van der Waals surface area contributed by atoms with Crippen LogP contribution in [-0.2, 0) is 16.1 Å². The molecule has 2 rings (SSSR count). The van der Waals surface area contributed by atoms with Crippen LogP contribution >= 0.6 is 23.2 Å². The third kappa shape index (κ3) is 4.35. The summed E-state index contributed by atoms with van der Waals surface area (Å²) >= 11 is 12.4. The molecule has 1 aliphatic heterocycles. The van der Waals surface area contributed by atoms with Crippen LogP contribution in [0.5, 0.6) is 0 Å². The number of benzene rings is 1. The molecule has 0 N–H and O–H groups in total. The Balaban J connectivity index is 2.11. The first kappa shape index (κ1) is 16.6. The third-order valence-corrected chi connectivity index (χ3v) is 4.17. The maximum absolute atomic E-state index is 12.3. The fraction of sp³-hybridized carbons (Fsp3) is 0.562. The van der Waals surface area contributed by atoms with Crippen molar-refractivity contribution in [2.24, 2.45) is 0 Å². The second kappa shape index (κ2) is 6.55. The number of carbonyl (C=O) groups excluding carboxylic acids is 1. The molecule has 0 amide bonds. The largest absolute Gasteiger partial charge is 0.459 e. The normalized spacial score (nSPS) is 19.8. The second-order valence-electron chi connectivity index (χ2n) is 6.36. The van der Waals surface area contributed by atoms with Gasteiger partial charge in [0.25, 0.3) is 0 Å². The Bertz CT molecular complexity index is 505. The summed E-state index contributed by atoms with van der Waals surface area (Å²) in [6.45, 7) is 7.08. The van der Waals surface area contributed by atoms with Gasteiger partial charge in [-0.2, -0.15) is 0 Å². The van der Waals surface area contributed by atoms with Gasteiger partial charge in [0.05, 0.1) is 0 Å². The van der Waals surface area contributed by atoms with Crippen molar-refractivity contribution in [3.8, 4) is 0 Å². The summed E-state index contributed by atoms with van der Waals surface area (Å²) < 4.78 is 5.50. The van der Waals surface area contributed by atoms with Gasteiger partial charge in [-0.1, -0.05) is 29.3 Å². The van der Waals surface area contributed by atoms with Crippen LogP contribution < -0.4 is 0 Å². The number of ether oxygens (including phenoxy) is 1. The molecule has 0 unspecified atom stereocenters. The van der Waals surface area contributed by atoms with Crippen molar-refractivity contribution in [2.75, 3.05) is 6.54 Å². The van der Waals surface area contributed by atoms with E-state index in [1.54, 1.807) is 0 Å². The van der Waals surface area contributed by atoms with Gasteiger partial charge in [-0.25, -0.2) is 0 Å². The van der Waals surface area contributed by atoms with Crippen molar-refractivity contribution in [3.05, 3.63) is 33.8 Å². The molecule has 0 saturated carbocycles. The van der Waals surface area contributed by atoms with Gasteiger partial charge in [0, 0.05) is 22.2 Å². The second-order valence-corrected chi connectivity index (χ2v) is 7.18. The Hall–Kier alpha value is -0.770. The molecule has 3 nitrogen and oxygen atoms in total. The molecule has 1 fully saturated rings. The minimum Gasteiger partial charge on any atom is -0.459 e. The number of hydrogen-bond donors (Lipinski definition) is 0. The van der Waals surface area contributed by atoms with Gasteiger partial charge in [-0.15, -0.1) is 0 Å². The first-order valence-electron chi connectivity index (χ1n) is 7.18. The average molecular weight is 330 g/mol. The lowest BCUT2D eigenvalue weighted by Crippen LogP contribution is -2.40. The minimum atomic E-state index is -0.465. The number of rotatable bonds is 3. The minimum absolute atomic E-state index is 0.164. The van der Waals surface area contributed by atoms with E-state index in [0.717, 1.165) is 24.9 Å². The van der Waals surface area contributed by atoms with Gasteiger partial charge in [-0.05, 0) is 52.3 Å². The molecular weight excluding hydrogens is 309 g/mol. The maximum atomic E-state index is 12.3. The lowest BCUT2D eigenvalue weighted by molar-refractivity contribution is -0.160. The predicted octanol–water partition coefficient (Wildman–Crippen LogP) is 4.30. The van der Waals surface area contributed by atoms with Crippen LogP contribution in [-0.4, -0.2) is 29.1 Å². The molecular formula is C16H21Cl2NO2. The summed E-state index contributed by atoms with van der Waals surface area (Å²) in [7, 11) is 0. The van der Waals surface area contributed by atoms with Crippen LogP contribution in [0, 0.1) is 0 Å². The van der Waals surface area contributed by atoms with E-state index in [0.29, 0.717) is 16.6 Å². The molecule has 21 heavy (non-hydrogen) atoms. The summed E-state index contributed by atoms with van der Waals surface area (Å²) in [5.41, 5.74) is 0.407. The van der Waals surface area contributed by atoms with Gasteiger partial charge in [0.15, 0.2) is 0 Å². The van der Waals surface area contributed by atoms with Crippen LogP contribution in [0.2, 0.25) is 10.0 Å². The zero-order valence-corrected chi connectivity index (χ0v) is 14.2. The van der Waals surface area contributed by atoms with Gasteiger partial charge in [0.2, 0.25) is 0 Å². The quantitative estimate of drug-likeness (QED) is 0.774. The molecule has 1 saturated heterocycles. The first-order chi connectivity index (χ1) is 9.78. The fourth-order valence-corrected chi connectivity index (χ4v) is 3.06. The monoisotopic (exact) mass is 329 g/mol. The standard InChI is InChI=1S/C16H21Cl2NO2/c1-16(2,3)21-15(20)14-8-5-9-19(14)10-11-12(17)6-4-7-13(11)18/h4,6-7,14H,5,8-10H2,1-3H3/t14-/m1/s1. The topological polar surface area (TPSA) is 29.5 Å². The van der Waals surface area contributed by atoms with Crippen molar-refractivity contribution in [3.63, 3.8) is 0 Å². The van der Waals surface area contributed by atoms with Crippen LogP contribution in [0.25, 0.3) is 0 Å². The molecule has 1 heterocycles. The highest BCUT2D eigenvalue weighted by Gasteiger charge is 2.34. The van der Waals surface area contributed by atoms with Gasteiger partial charge in [-0.3, -0.25) is 9.69 Å². The highest BCUT2D eigenvalue weighted by molar-refractivity contribution is 6.35. The van der Waals surface area contributed by atoms with E-state index >= 15 is 0 Å². The predicted molar refractivity (Wildman–Crippen MR) is 85.7 cm³/mol. The molecule has 0 bridgehead atoms. The number of likely N-dealkylation sites (tertiary alicyclic amines) is 1. The molecule has 0 aromatic heterocycles. The highest BCUT2D eigenvalue weighted by atomic mass is 35.5. The lowest BCUT2D eigenvalue weighted by atomic mass is 10.1. The van der Waals surface area contributed by atoms with E-state index in [9.17, 15) is 4.79 Å². The van der Waals surface area contributed by atoms with E-state index in [1.807, 2.05) is 39.0 Å². The van der Waals surface area contributed by atoms with Crippen molar-refractivity contribution in [2.45, 2.75) is 51.8 Å². The molecule has 1 atom stereocenters. The Morgan fingerprint density at radius 3 is 2.52 bits per heavy atom. The summed E-state index contributed by atoms with van der Waals surface area (Å²) in [6, 6.07) is 5.25. The summed E-state index contributed by atoms with van der Waals surface area (Å²) in [6.07, 6.45) is 1.79. The zero-order chi connectivity index (χ0) is 15.6. The summed E-state index contributed by atoms with van der Waals surface area (Å²) in [5.74, 6) is -0.164. The highest BCUT2D eigenvalue weighted by Crippen LogP contribution is 2.29. The Morgan fingerprint density at radius 2 is 1.95 bits per heavy atom. The Morgan fingerprint density at radius 1 is 1.33 bits per heavy atom. The van der Waals surface area contributed by atoms with Crippen LogP contribution in [0.1, 0.15) is 39.2 Å². The molecule has 1 aromatic carbocycles. The SMILES string of the molecule is CC(C)(C)OC(=O)[C@H]1CCCN1Cc1c(Cl)cccc1Cl. The molecule has 0 aliphatic carbocycles. The number of carbonyl (C=O) groups is 1. The lowest BCUT2D eigenvalue weighted by Gasteiger charge is -2.27. The van der Waals surface area contributed by atoms with Crippen molar-refractivity contribution >= 4 is 29.2 Å². The van der Waals surface area contributed by atoms with Crippen LogP contribution in [0.15, 0.2) is 18.2 Å². The number of nitrogens with zero attached hydrogens (tertiary/aromatic N) is 1. The molecule has 1 aliphatic rings. The molecule has 1 aromatic rings. The molecule has 0 spiro atoms. The average Bonchev–Trinajstić information content (AvgIpc) is 2.80.